The number of fused-ring (bicyclic) bond motifs is 1. The number of pyridine rings is 1. The largest absolute Gasteiger partial charge is 0.484 e. The van der Waals surface area contributed by atoms with Gasteiger partial charge in [0.15, 0.2) is 11.7 Å². The number of rotatable bonds is 6. The van der Waals surface area contributed by atoms with Crippen LogP contribution >= 0.6 is 11.3 Å². The van der Waals surface area contributed by atoms with Crippen molar-refractivity contribution in [3.63, 3.8) is 0 Å². The van der Waals surface area contributed by atoms with Crippen LogP contribution in [0.15, 0.2) is 60.8 Å². The van der Waals surface area contributed by atoms with Crippen LogP contribution in [-0.2, 0) is 11.3 Å². The van der Waals surface area contributed by atoms with Crippen molar-refractivity contribution >= 4 is 32.6 Å². The van der Waals surface area contributed by atoms with E-state index >= 15 is 0 Å². The van der Waals surface area contributed by atoms with Crippen molar-refractivity contribution in [3.05, 3.63) is 83.2 Å². The summed E-state index contributed by atoms with van der Waals surface area (Å²) >= 11 is 1.52. The van der Waals surface area contributed by atoms with Gasteiger partial charge in [-0.15, -0.1) is 0 Å². The summed E-state index contributed by atoms with van der Waals surface area (Å²) in [5.74, 6) is 0.521. The number of carbonyl (C=O) groups excluding carboxylic acids is 1. The molecule has 0 saturated carbocycles. The molecule has 0 bridgehead atoms. The van der Waals surface area contributed by atoms with Crippen molar-refractivity contribution in [1.82, 2.24) is 9.97 Å². The van der Waals surface area contributed by atoms with Crippen LogP contribution in [0, 0.1) is 20.8 Å². The second-order valence-corrected chi connectivity index (χ2v) is 8.31. The summed E-state index contributed by atoms with van der Waals surface area (Å²) < 4.78 is 6.86. The zero-order chi connectivity index (χ0) is 21.1. The zero-order valence-corrected chi connectivity index (χ0v) is 18.1. The van der Waals surface area contributed by atoms with Crippen molar-refractivity contribution in [2.24, 2.45) is 0 Å². The summed E-state index contributed by atoms with van der Waals surface area (Å²) in [5, 5.41) is 0.655. The minimum absolute atomic E-state index is 0.0653. The summed E-state index contributed by atoms with van der Waals surface area (Å²) in [6.45, 7) is 6.40. The van der Waals surface area contributed by atoms with E-state index < -0.39 is 0 Å². The lowest BCUT2D eigenvalue weighted by Gasteiger charge is -2.19. The van der Waals surface area contributed by atoms with Gasteiger partial charge in [0.05, 0.1) is 22.5 Å². The van der Waals surface area contributed by atoms with Gasteiger partial charge in [-0.05, 0) is 67.8 Å². The maximum Gasteiger partial charge on any atom is 0.267 e. The van der Waals surface area contributed by atoms with Crippen LogP contribution in [0.3, 0.4) is 0 Å². The number of nitrogens with zero attached hydrogens (tertiary/aromatic N) is 3. The third-order valence-corrected chi connectivity index (χ3v) is 5.97. The average molecular weight is 418 g/mol. The van der Waals surface area contributed by atoms with E-state index in [1.54, 1.807) is 11.1 Å². The van der Waals surface area contributed by atoms with Crippen molar-refractivity contribution in [1.29, 1.82) is 0 Å². The van der Waals surface area contributed by atoms with Gasteiger partial charge in [-0.3, -0.25) is 14.7 Å². The lowest BCUT2D eigenvalue weighted by atomic mass is 10.1. The predicted molar refractivity (Wildman–Crippen MR) is 121 cm³/mol. The van der Waals surface area contributed by atoms with Gasteiger partial charge in [0, 0.05) is 6.20 Å². The Morgan fingerprint density at radius 1 is 1.03 bits per heavy atom. The minimum Gasteiger partial charge on any atom is -0.484 e. The molecule has 0 aliphatic carbocycles. The molecule has 30 heavy (non-hydrogen) atoms. The molecule has 4 rings (SSSR count). The van der Waals surface area contributed by atoms with E-state index in [0.717, 1.165) is 32.6 Å². The molecule has 0 N–H and O–H groups in total. The number of aromatic nitrogens is 2. The molecule has 0 radical (unpaired) electrons. The van der Waals surface area contributed by atoms with E-state index in [9.17, 15) is 4.79 Å². The average Bonchev–Trinajstić information content (AvgIpc) is 3.15. The first-order chi connectivity index (χ1) is 14.5. The quantitative estimate of drug-likeness (QED) is 0.431. The number of aryl methyl sites for hydroxylation is 3. The van der Waals surface area contributed by atoms with Gasteiger partial charge in [0.25, 0.3) is 5.91 Å². The molecule has 2 heterocycles. The van der Waals surface area contributed by atoms with Crippen LogP contribution < -0.4 is 9.64 Å². The third-order valence-electron chi connectivity index (χ3n) is 4.74. The molecule has 152 valence electrons. The van der Waals surface area contributed by atoms with Gasteiger partial charge < -0.3 is 4.74 Å². The van der Waals surface area contributed by atoms with E-state index in [1.165, 1.54) is 11.3 Å². The summed E-state index contributed by atoms with van der Waals surface area (Å²) in [4.78, 5) is 24.0. The summed E-state index contributed by atoms with van der Waals surface area (Å²) in [6, 6.07) is 17.6. The maximum atomic E-state index is 13.2. The highest BCUT2D eigenvalue weighted by molar-refractivity contribution is 7.22. The predicted octanol–water partition coefficient (Wildman–Crippen LogP) is 5.23. The van der Waals surface area contributed by atoms with E-state index in [-0.39, 0.29) is 12.5 Å². The number of thiazole rings is 1. The molecule has 5 nitrogen and oxygen atoms in total. The zero-order valence-electron chi connectivity index (χ0n) is 17.3. The summed E-state index contributed by atoms with van der Waals surface area (Å²) in [7, 11) is 0. The SMILES string of the molecule is Cc1cccc(OCC(=O)N(Cc2ccccn2)c2nc3cc(C)cc(C)c3s2)c1. The standard InChI is InChI=1S/C24H23N3O2S/c1-16-7-6-9-20(12-16)29-15-22(28)27(14-19-8-4-5-10-25-19)24-26-21-13-17(2)11-18(3)23(21)30-24/h4-13H,14-15H2,1-3H3. The highest BCUT2D eigenvalue weighted by Crippen LogP contribution is 2.33. The van der Waals surface area contributed by atoms with Gasteiger partial charge in [0.2, 0.25) is 0 Å². The van der Waals surface area contributed by atoms with Crippen molar-refractivity contribution in [2.45, 2.75) is 27.3 Å². The molecule has 0 aliphatic rings. The van der Waals surface area contributed by atoms with Crippen LogP contribution in [0.25, 0.3) is 10.2 Å². The molecule has 1 amide bonds. The molecule has 6 heteroatoms. The molecule has 0 unspecified atom stereocenters. The molecule has 0 fully saturated rings. The lowest BCUT2D eigenvalue weighted by molar-refractivity contribution is -0.120. The van der Waals surface area contributed by atoms with Crippen LogP contribution in [0.2, 0.25) is 0 Å². The summed E-state index contributed by atoms with van der Waals surface area (Å²) in [6.07, 6.45) is 1.73. The number of hydrogen-bond acceptors (Lipinski definition) is 5. The summed E-state index contributed by atoms with van der Waals surface area (Å²) in [5.41, 5.74) is 5.11. The van der Waals surface area contributed by atoms with Crippen molar-refractivity contribution < 1.29 is 9.53 Å². The highest BCUT2D eigenvalue weighted by Gasteiger charge is 2.22. The molecule has 4 aromatic rings. The topological polar surface area (TPSA) is 55.3 Å². The molecule has 0 atom stereocenters. The Morgan fingerprint density at radius 2 is 1.90 bits per heavy atom. The molecule has 0 spiro atoms. The Balaban J connectivity index is 1.64. The van der Waals surface area contributed by atoms with Crippen LogP contribution in [0.1, 0.15) is 22.4 Å². The minimum atomic E-state index is -0.157. The fourth-order valence-electron chi connectivity index (χ4n) is 3.32. The highest BCUT2D eigenvalue weighted by atomic mass is 32.1. The van der Waals surface area contributed by atoms with Crippen LogP contribution in [0.4, 0.5) is 5.13 Å². The molecule has 0 saturated heterocycles. The molecule has 2 aromatic carbocycles. The second kappa shape index (κ2) is 8.63. The van der Waals surface area contributed by atoms with Gasteiger partial charge >= 0.3 is 0 Å². The number of ether oxygens (including phenoxy) is 1. The first kappa shape index (κ1) is 20.0. The fourth-order valence-corrected chi connectivity index (χ4v) is 4.36. The Morgan fingerprint density at radius 3 is 2.67 bits per heavy atom. The lowest BCUT2D eigenvalue weighted by Crippen LogP contribution is -2.34. The maximum absolute atomic E-state index is 13.2. The van der Waals surface area contributed by atoms with E-state index in [4.69, 9.17) is 9.72 Å². The van der Waals surface area contributed by atoms with Crippen molar-refractivity contribution in [2.75, 3.05) is 11.5 Å². The monoisotopic (exact) mass is 417 g/mol. The van der Waals surface area contributed by atoms with E-state index in [2.05, 4.69) is 31.0 Å². The van der Waals surface area contributed by atoms with E-state index in [0.29, 0.717) is 17.4 Å². The molecule has 2 aromatic heterocycles. The molecule has 0 aliphatic heterocycles. The number of amides is 1. The first-order valence-corrected chi connectivity index (χ1v) is 10.6. The number of benzene rings is 2. The number of carbonyl (C=O) groups is 1. The van der Waals surface area contributed by atoms with Gasteiger partial charge in [-0.1, -0.05) is 35.6 Å². The normalized spacial score (nSPS) is 10.9. The van der Waals surface area contributed by atoms with Gasteiger partial charge in [-0.2, -0.15) is 0 Å². The third kappa shape index (κ3) is 4.49. The molecular weight excluding hydrogens is 394 g/mol. The fraction of sp³-hybridized carbons (Fsp3) is 0.208. The Hall–Kier alpha value is -3.25. The van der Waals surface area contributed by atoms with Crippen LogP contribution in [0.5, 0.6) is 5.75 Å². The first-order valence-electron chi connectivity index (χ1n) is 9.77. The van der Waals surface area contributed by atoms with Crippen molar-refractivity contribution in [3.8, 4) is 5.75 Å². The van der Waals surface area contributed by atoms with E-state index in [1.807, 2.05) is 49.4 Å². The Kier molecular flexibility index (Phi) is 5.77. The van der Waals surface area contributed by atoms with Gasteiger partial charge in [-0.25, -0.2) is 4.98 Å². The Bertz CT molecular complexity index is 1190. The number of hydrogen-bond donors (Lipinski definition) is 0. The number of anilines is 1. The molecular formula is C24H23N3O2S. The second-order valence-electron chi connectivity index (χ2n) is 7.33. The van der Waals surface area contributed by atoms with Crippen LogP contribution in [-0.4, -0.2) is 22.5 Å². The Labute approximate surface area is 180 Å². The van der Waals surface area contributed by atoms with Gasteiger partial charge in [0.1, 0.15) is 5.75 Å². The smallest absolute Gasteiger partial charge is 0.267 e.